The molecule has 2 N–H and O–H groups in total. The molecule has 0 saturated heterocycles. The fraction of sp³-hybridized carbons (Fsp3) is 0.647. The molecule has 0 saturated carbocycles. The van der Waals surface area contributed by atoms with Crippen molar-refractivity contribution in [2.24, 2.45) is 10.7 Å². The van der Waals surface area contributed by atoms with Crippen LogP contribution in [0, 0.1) is 0 Å². The number of carbonyl (C=O) groups excluding carboxylic acids is 1. The van der Waals surface area contributed by atoms with Crippen molar-refractivity contribution in [3.8, 4) is 0 Å². The Labute approximate surface area is 133 Å². The standard InChI is InChI=1S/C17H29N3O2/c1-2-3-4-5-6-7-8-9-10-16-19-12-14-20(16,13-11-18)15-17(21)22/h5-6,12,14H,2-4,7-11,13,15,18H2,1H3/b6-5+. The summed E-state index contributed by atoms with van der Waals surface area (Å²) in [6.45, 7) is 3.10. The minimum absolute atomic E-state index is 0.0799. The Balaban J connectivity index is 2.37. The van der Waals surface area contributed by atoms with Gasteiger partial charge >= 0.3 is 0 Å². The van der Waals surface area contributed by atoms with E-state index in [1.807, 2.05) is 6.20 Å². The van der Waals surface area contributed by atoms with Crippen LogP contribution < -0.4 is 10.8 Å². The normalized spacial score (nSPS) is 20.7. The van der Waals surface area contributed by atoms with E-state index in [2.05, 4.69) is 24.1 Å². The molecule has 1 aliphatic rings. The Hall–Kier alpha value is -1.46. The second-order valence-corrected chi connectivity index (χ2v) is 5.78. The molecule has 0 bridgehead atoms. The van der Waals surface area contributed by atoms with Crippen LogP contribution in [0.2, 0.25) is 0 Å². The molecule has 0 fully saturated rings. The van der Waals surface area contributed by atoms with E-state index in [4.69, 9.17) is 5.73 Å². The van der Waals surface area contributed by atoms with Gasteiger partial charge in [0, 0.05) is 13.0 Å². The molecule has 1 heterocycles. The molecule has 0 aromatic heterocycles. The Morgan fingerprint density at radius 3 is 2.68 bits per heavy atom. The van der Waals surface area contributed by atoms with Crippen LogP contribution >= 0.6 is 0 Å². The van der Waals surface area contributed by atoms with E-state index in [1.54, 1.807) is 6.20 Å². The summed E-state index contributed by atoms with van der Waals surface area (Å²) in [5.74, 6) is -0.170. The lowest BCUT2D eigenvalue weighted by molar-refractivity contribution is -0.780. The summed E-state index contributed by atoms with van der Waals surface area (Å²) in [6.07, 6.45) is 15.6. The van der Waals surface area contributed by atoms with Crippen molar-refractivity contribution in [1.29, 1.82) is 0 Å². The quantitative estimate of drug-likeness (QED) is 0.338. The maximum Gasteiger partial charge on any atom is 0.207 e. The second kappa shape index (κ2) is 10.3. The smallest absolute Gasteiger partial charge is 0.207 e. The molecule has 1 rings (SSSR count). The molecule has 0 spiro atoms. The van der Waals surface area contributed by atoms with Crippen LogP contribution in [0.5, 0.6) is 0 Å². The molecule has 22 heavy (non-hydrogen) atoms. The van der Waals surface area contributed by atoms with Gasteiger partial charge in [-0.3, -0.25) is 0 Å². The molecule has 5 heteroatoms. The molecule has 0 radical (unpaired) electrons. The highest BCUT2D eigenvalue weighted by Crippen LogP contribution is 2.20. The van der Waals surface area contributed by atoms with E-state index in [0.717, 1.165) is 37.9 Å². The van der Waals surface area contributed by atoms with Crippen molar-refractivity contribution in [2.45, 2.75) is 51.9 Å². The Morgan fingerprint density at radius 2 is 2.05 bits per heavy atom. The SMILES string of the molecule is CCCC/C=C/CCCCC1=NC=C[N+]1(CCN)CC(=O)[O-]. The number of nitrogens with two attached hydrogens (primary N) is 1. The van der Waals surface area contributed by atoms with E-state index in [0.29, 0.717) is 13.1 Å². The molecule has 1 unspecified atom stereocenters. The Kier molecular flexibility index (Phi) is 8.70. The lowest BCUT2D eigenvalue weighted by atomic mass is 10.1. The number of aliphatic imine (C=N–C) groups is 1. The number of hydrogen-bond donors (Lipinski definition) is 1. The number of allylic oxidation sites excluding steroid dienone is 2. The molecule has 0 amide bonds. The summed E-state index contributed by atoms with van der Waals surface area (Å²) in [4.78, 5) is 15.4. The van der Waals surface area contributed by atoms with Crippen molar-refractivity contribution >= 4 is 11.8 Å². The molecule has 5 nitrogen and oxygen atoms in total. The Bertz CT molecular complexity index is 430. The minimum atomic E-state index is -1.06. The summed E-state index contributed by atoms with van der Waals surface area (Å²) in [5.41, 5.74) is 5.64. The second-order valence-electron chi connectivity index (χ2n) is 5.78. The summed E-state index contributed by atoms with van der Waals surface area (Å²) in [7, 11) is 0. The zero-order chi connectivity index (χ0) is 16.3. The zero-order valence-corrected chi connectivity index (χ0v) is 13.7. The van der Waals surface area contributed by atoms with E-state index >= 15 is 0 Å². The fourth-order valence-electron chi connectivity index (χ4n) is 2.73. The molecular formula is C17H29N3O2. The lowest BCUT2D eigenvalue weighted by Gasteiger charge is -2.32. The predicted molar refractivity (Wildman–Crippen MR) is 87.8 cm³/mol. The van der Waals surface area contributed by atoms with Gasteiger partial charge in [0.25, 0.3) is 0 Å². The summed E-state index contributed by atoms with van der Waals surface area (Å²) in [5, 5.41) is 11.0. The van der Waals surface area contributed by atoms with Gasteiger partial charge in [-0.2, -0.15) is 0 Å². The van der Waals surface area contributed by atoms with Crippen LogP contribution in [0.4, 0.5) is 0 Å². The van der Waals surface area contributed by atoms with Gasteiger partial charge in [0.15, 0.2) is 0 Å². The maximum atomic E-state index is 11.0. The van der Waals surface area contributed by atoms with Crippen molar-refractivity contribution in [3.63, 3.8) is 0 Å². The van der Waals surface area contributed by atoms with Gasteiger partial charge in [-0.1, -0.05) is 31.9 Å². The number of aliphatic carboxylic acids is 1. The van der Waals surface area contributed by atoms with Crippen LogP contribution in [0.1, 0.15) is 51.9 Å². The van der Waals surface area contributed by atoms with Gasteiger partial charge in [-0.15, -0.1) is 0 Å². The molecule has 0 aliphatic carbocycles. The van der Waals surface area contributed by atoms with Crippen molar-refractivity contribution in [1.82, 2.24) is 0 Å². The highest BCUT2D eigenvalue weighted by atomic mass is 16.4. The van der Waals surface area contributed by atoms with Gasteiger partial charge in [0.05, 0.1) is 12.2 Å². The molecule has 0 aromatic rings. The Morgan fingerprint density at radius 1 is 1.32 bits per heavy atom. The largest absolute Gasteiger partial charge is 0.544 e. The van der Waals surface area contributed by atoms with Crippen LogP contribution in [0.3, 0.4) is 0 Å². The number of carbonyl (C=O) groups is 1. The van der Waals surface area contributed by atoms with Gasteiger partial charge in [-0.25, -0.2) is 9.48 Å². The number of carboxylic acid groups (broad SMARTS) is 1. The third-order valence-electron chi connectivity index (χ3n) is 3.94. The number of quaternary nitrogens is 1. The highest BCUT2D eigenvalue weighted by Gasteiger charge is 2.34. The van der Waals surface area contributed by atoms with E-state index < -0.39 is 5.97 Å². The summed E-state index contributed by atoms with van der Waals surface area (Å²) >= 11 is 0. The average molecular weight is 307 g/mol. The number of hydrogen-bond acceptors (Lipinski definition) is 4. The van der Waals surface area contributed by atoms with Crippen LogP contribution in [0.15, 0.2) is 29.5 Å². The van der Waals surface area contributed by atoms with Crippen LogP contribution in [0.25, 0.3) is 0 Å². The van der Waals surface area contributed by atoms with Gasteiger partial charge < -0.3 is 15.6 Å². The summed E-state index contributed by atoms with van der Waals surface area (Å²) < 4.78 is 0.227. The predicted octanol–water partition coefficient (Wildman–Crippen LogP) is 1.70. The van der Waals surface area contributed by atoms with Crippen molar-refractivity contribution in [2.75, 3.05) is 19.6 Å². The minimum Gasteiger partial charge on any atom is -0.544 e. The zero-order valence-electron chi connectivity index (χ0n) is 13.7. The van der Waals surface area contributed by atoms with E-state index in [-0.39, 0.29) is 11.0 Å². The van der Waals surface area contributed by atoms with E-state index in [1.165, 1.54) is 12.8 Å². The number of amidine groups is 1. The molecule has 1 aliphatic heterocycles. The molecule has 0 aromatic carbocycles. The topological polar surface area (TPSA) is 78.5 Å². The van der Waals surface area contributed by atoms with Gasteiger partial charge in [0.1, 0.15) is 19.3 Å². The van der Waals surface area contributed by atoms with Crippen LogP contribution in [-0.2, 0) is 4.79 Å². The van der Waals surface area contributed by atoms with Crippen molar-refractivity contribution < 1.29 is 14.4 Å². The lowest BCUT2D eigenvalue weighted by Crippen LogP contribution is -2.55. The number of carboxylic acids is 1. The molecule has 1 atom stereocenters. The molecular weight excluding hydrogens is 278 g/mol. The average Bonchev–Trinajstić information content (AvgIpc) is 2.84. The third-order valence-corrected chi connectivity index (χ3v) is 3.94. The van der Waals surface area contributed by atoms with Crippen LogP contribution in [-0.4, -0.2) is 35.9 Å². The number of rotatable bonds is 12. The van der Waals surface area contributed by atoms with Gasteiger partial charge in [-0.05, 0) is 25.7 Å². The maximum absolute atomic E-state index is 11.0. The first-order valence-electron chi connectivity index (χ1n) is 8.31. The third kappa shape index (κ3) is 6.12. The first-order valence-corrected chi connectivity index (χ1v) is 8.31. The number of unbranched alkanes of at least 4 members (excludes halogenated alkanes) is 4. The summed E-state index contributed by atoms with van der Waals surface area (Å²) in [6, 6.07) is 0. The van der Waals surface area contributed by atoms with E-state index in [9.17, 15) is 9.90 Å². The molecule has 124 valence electrons. The first-order chi connectivity index (χ1) is 10.6. The first kappa shape index (κ1) is 18.6. The van der Waals surface area contributed by atoms with Gasteiger partial charge in [0.2, 0.25) is 5.84 Å². The monoisotopic (exact) mass is 307 g/mol. The highest BCUT2D eigenvalue weighted by molar-refractivity contribution is 5.80. The fourth-order valence-corrected chi connectivity index (χ4v) is 2.73. The number of nitrogens with zero attached hydrogens (tertiary/aromatic N) is 2. The van der Waals surface area contributed by atoms with Crippen molar-refractivity contribution in [3.05, 3.63) is 24.6 Å².